The SMILES string of the molecule is COc1c(C(F)F)cc(C#N)nc1C(=O)Cl. The first-order valence-corrected chi connectivity index (χ1v) is 4.36. The van der Waals surface area contributed by atoms with Gasteiger partial charge in [-0.3, -0.25) is 4.79 Å². The summed E-state index contributed by atoms with van der Waals surface area (Å²) >= 11 is 5.16. The largest absolute Gasteiger partial charge is 0.494 e. The van der Waals surface area contributed by atoms with Crippen LogP contribution in [-0.4, -0.2) is 17.3 Å². The fourth-order valence-corrected chi connectivity index (χ4v) is 1.25. The van der Waals surface area contributed by atoms with Crippen molar-refractivity contribution in [2.45, 2.75) is 6.43 Å². The monoisotopic (exact) mass is 246 g/mol. The molecule has 0 aliphatic heterocycles. The Kier molecular flexibility index (Phi) is 3.74. The molecule has 1 rings (SSSR count). The lowest BCUT2D eigenvalue weighted by Crippen LogP contribution is -2.05. The topological polar surface area (TPSA) is 63.0 Å². The molecular formula is C9H5ClF2N2O2. The highest BCUT2D eigenvalue weighted by Crippen LogP contribution is 2.32. The molecule has 0 atom stereocenters. The van der Waals surface area contributed by atoms with Crippen LogP contribution in [0.25, 0.3) is 0 Å². The van der Waals surface area contributed by atoms with E-state index in [1.54, 1.807) is 6.07 Å². The Bertz CT molecular complexity index is 471. The Labute approximate surface area is 94.4 Å². The van der Waals surface area contributed by atoms with Crippen molar-refractivity contribution in [3.8, 4) is 11.8 Å². The van der Waals surface area contributed by atoms with Crippen molar-refractivity contribution in [3.63, 3.8) is 0 Å². The molecule has 4 nitrogen and oxygen atoms in total. The third-order valence-electron chi connectivity index (χ3n) is 1.74. The summed E-state index contributed by atoms with van der Waals surface area (Å²) < 4.78 is 29.8. The Morgan fingerprint density at radius 2 is 2.31 bits per heavy atom. The van der Waals surface area contributed by atoms with Gasteiger partial charge in [0.2, 0.25) is 0 Å². The third kappa shape index (κ3) is 2.25. The molecule has 0 unspecified atom stereocenters. The van der Waals surface area contributed by atoms with Crippen molar-refractivity contribution < 1.29 is 18.3 Å². The van der Waals surface area contributed by atoms with Gasteiger partial charge in [0.1, 0.15) is 11.8 Å². The van der Waals surface area contributed by atoms with Gasteiger partial charge in [-0.25, -0.2) is 13.8 Å². The number of ether oxygens (including phenoxy) is 1. The lowest BCUT2D eigenvalue weighted by Gasteiger charge is -2.10. The number of halogens is 3. The maximum absolute atomic E-state index is 12.6. The molecule has 0 bridgehead atoms. The van der Waals surface area contributed by atoms with Crippen LogP contribution in [-0.2, 0) is 0 Å². The lowest BCUT2D eigenvalue weighted by molar-refractivity contribution is 0.107. The summed E-state index contributed by atoms with van der Waals surface area (Å²) in [4.78, 5) is 14.4. The molecule has 1 aromatic rings. The maximum atomic E-state index is 12.6. The molecule has 1 aromatic heterocycles. The van der Waals surface area contributed by atoms with Crippen molar-refractivity contribution in [1.82, 2.24) is 4.98 Å². The van der Waals surface area contributed by atoms with Crippen LogP contribution in [0.3, 0.4) is 0 Å². The van der Waals surface area contributed by atoms with Gasteiger partial charge in [0.25, 0.3) is 11.7 Å². The Morgan fingerprint density at radius 1 is 1.69 bits per heavy atom. The van der Waals surface area contributed by atoms with Crippen LogP contribution in [0.1, 0.15) is 28.2 Å². The maximum Gasteiger partial charge on any atom is 0.274 e. The first-order valence-electron chi connectivity index (χ1n) is 3.98. The second-order valence-electron chi connectivity index (χ2n) is 2.66. The Morgan fingerprint density at radius 3 is 2.69 bits per heavy atom. The van der Waals surface area contributed by atoms with E-state index in [4.69, 9.17) is 16.9 Å². The molecule has 7 heteroatoms. The zero-order valence-corrected chi connectivity index (χ0v) is 8.76. The van der Waals surface area contributed by atoms with Gasteiger partial charge in [-0.1, -0.05) is 0 Å². The fourth-order valence-electron chi connectivity index (χ4n) is 1.12. The molecule has 0 aliphatic rings. The normalized spacial score (nSPS) is 10.0. The predicted octanol–water partition coefficient (Wildman–Crippen LogP) is 2.28. The smallest absolute Gasteiger partial charge is 0.274 e. The van der Waals surface area contributed by atoms with Gasteiger partial charge >= 0.3 is 0 Å². The van der Waals surface area contributed by atoms with Crippen LogP contribution < -0.4 is 4.74 Å². The summed E-state index contributed by atoms with van der Waals surface area (Å²) in [5.74, 6) is -0.408. The van der Waals surface area contributed by atoms with Gasteiger partial charge in [-0.15, -0.1) is 0 Å². The molecule has 16 heavy (non-hydrogen) atoms. The number of rotatable bonds is 3. The zero-order valence-electron chi connectivity index (χ0n) is 8.00. The number of pyridine rings is 1. The molecule has 0 saturated heterocycles. The van der Waals surface area contributed by atoms with E-state index in [1.165, 1.54) is 0 Å². The van der Waals surface area contributed by atoms with Gasteiger partial charge in [-0.05, 0) is 17.7 Å². The first kappa shape index (κ1) is 12.3. The summed E-state index contributed by atoms with van der Waals surface area (Å²) in [5.41, 5.74) is -1.39. The summed E-state index contributed by atoms with van der Waals surface area (Å²) in [6, 6.07) is 2.41. The molecule has 0 spiro atoms. The van der Waals surface area contributed by atoms with E-state index >= 15 is 0 Å². The summed E-state index contributed by atoms with van der Waals surface area (Å²) in [6.07, 6.45) is -2.89. The quantitative estimate of drug-likeness (QED) is 0.768. The minimum absolute atomic E-state index is 0.319. The number of nitrogens with zero attached hydrogens (tertiary/aromatic N) is 2. The summed E-state index contributed by atoms with van der Waals surface area (Å²) in [7, 11) is 1.11. The minimum Gasteiger partial charge on any atom is -0.494 e. The van der Waals surface area contributed by atoms with E-state index in [1.807, 2.05) is 0 Å². The number of nitriles is 1. The van der Waals surface area contributed by atoms with Crippen LogP contribution >= 0.6 is 11.6 Å². The number of aromatic nitrogens is 1. The van der Waals surface area contributed by atoms with Crippen LogP contribution in [0.4, 0.5) is 8.78 Å². The van der Waals surface area contributed by atoms with Crippen molar-refractivity contribution in [2.75, 3.05) is 7.11 Å². The number of hydrogen-bond donors (Lipinski definition) is 0. The number of carbonyl (C=O) groups excluding carboxylic acids is 1. The highest BCUT2D eigenvalue weighted by molar-refractivity contribution is 6.67. The van der Waals surface area contributed by atoms with Gasteiger partial charge in [0.15, 0.2) is 11.4 Å². The molecule has 0 fully saturated rings. The average Bonchev–Trinajstić information content (AvgIpc) is 2.26. The standard InChI is InChI=1S/C9H5ClF2N2O2/c1-16-7-5(9(11)12)2-4(3-13)14-6(7)8(10)15/h2,9H,1H3. The summed E-state index contributed by atoms with van der Waals surface area (Å²) in [6.45, 7) is 0. The average molecular weight is 247 g/mol. The fraction of sp³-hybridized carbons (Fsp3) is 0.222. The molecule has 1 heterocycles. The van der Waals surface area contributed by atoms with Crippen LogP contribution in [0.5, 0.6) is 5.75 Å². The predicted molar refractivity (Wildman–Crippen MR) is 50.6 cm³/mol. The molecule has 0 amide bonds. The number of methoxy groups -OCH3 is 1. The van der Waals surface area contributed by atoms with E-state index in [-0.39, 0.29) is 5.69 Å². The molecular weight excluding hydrogens is 242 g/mol. The van der Waals surface area contributed by atoms with Crippen molar-refractivity contribution in [1.29, 1.82) is 5.26 Å². The molecule has 84 valence electrons. The number of carbonyl (C=O) groups is 1. The van der Waals surface area contributed by atoms with E-state index in [9.17, 15) is 13.6 Å². The molecule has 0 saturated carbocycles. The first-order chi connectivity index (χ1) is 7.51. The van der Waals surface area contributed by atoms with Crippen LogP contribution in [0.2, 0.25) is 0 Å². The van der Waals surface area contributed by atoms with Crippen molar-refractivity contribution in [2.24, 2.45) is 0 Å². The summed E-state index contributed by atoms with van der Waals surface area (Å²) in [5, 5.41) is 7.50. The van der Waals surface area contributed by atoms with E-state index in [2.05, 4.69) is 9.72 Å². The van der Waals surface area contributed by atoms with Crippen molar-refractivity contribution >= 4 is 16.8 Å². The van der Waals surface area contributed by atoms with Crippen LogP contribution in [0.15, 0.2) is 6.07 Å². The number of hydrogen-bond acceptors (Lipinski definition) is 4. The lowest BCUT2D eigenvalue weighted by atomic mass is 10.1. The second-order valence-corrected chi connectivity index (χ2v) is 3.01. The Balaban J connectivity index is 3.54. The highest BCUT2D eigenvalue weighted by Gasteiger charge is 2.23. The van der Waals surface area contributed by atoms with Gasteiger partial charge in [-0.2, -0.15) is 5.26 Å². The third-order valence-corrected chi connectivity index (χ3v) is 1.92. The molecule has 0 radical (unpaired) electrons. The van der Waals surface area contributed by atoms with Gasteiger partial charge in [0, 0.05) is 0 Å². The second kappa shape index (κ2) is 4.86. The van der Waals surface area contributed by atoms with Gasteiger partial charge in [0.05, 0.1) is 12.7 Å². The molecule has 0 N–H and O–H groups in total. The van der Waals surface area contributed by atoms with Crippen LogP contribution in [0, 0.1) is 11.3 Å². The molecule has 0 aromatic carbocycles. The number of alkyl halides is 2. The van der Waals surface area contributed by atoms with E-state index in [0.29, 0.717) is 0 Å². The van der Waals surface area contributed by atoms with Crippen molar-refractivity contribution in [3.05, 3.63) is 23.0 Å². The van der Waals surface area contributed by atoms with E-state index < -0.39 is 28.7 Å². The van der Waals surface area contributed by atoms with E-state index in [0.717, 1.165) is 13.2 Å². The van der Waals surface area contributed by atoms with Gasteiger partial charge < -0.3 is 4.74 Å². The highest BCUT2D eigenvalue weighted by atomic mass is 35.5. The molecule has 0 aliphatic carbocycles. The Hall–Kier alpha value is -1.74. The minimum atomic E-state index is -2.89. The zero-order chi connectivity index (χ0) is 12.3.